The molecule has 0 bridgehead atoms. The van der Waals surface area contributed by atoms with Crippen molar-refractivity contribution >= 4 is 35.2 Å². The average molecular weight is 341 g/mol. The smallest absolute Gasteiger partial charge is 0.335 e. The molecule has 6 heteroatoms. The van der Waals surface area contributed by atoms with Crippen molar-refractivity contribution in [3.05, 3.63) is 59.7 Å². The number of carboxylic acid groups (broad SMARTS) is 1. The Labute approximate surface area is 143 Å². The van der Waals surface area contributed by atoms with Crippen molar-refractivity contribution in [2.75, 3.05) is 4.90 Å². The highest BCUT2D eigenvalue weighted by atomic mass is 32.2. The van der Waals surface area contributed by atoms with Gasteiger partial charge in [0.1, 0.15) is 0 Å². The van der Waals surface area contributed by atoms with Crippen LogP contribution in [0.15, 0.2) is 53.4 Å². The molecule has 0 radical (unpaired) electrons. The second-order valence-corrected chi connectivity index (χ2v) is 6.82. The van der Waals surface area contributed by atoms with Crippen LogP contribution in [0.4, 0.5) is 5.69 Å². The van der Waals surface area contributed by atoms with E-state index in [1.165, 1.54) is 30.0 Å². The number of aromatic carboxylic acids is 1. The molecule has 2 aromatic rings. The summed E-state index contributed by atoms with van der Waals surface area (Å²) in [5.41, 5.74) is 1.47. The van der Waals surface area contributed by atoms with Gasteiger partial charge < -0.3 is 5.11 Å². The third-order valence-corrected chi connectivity index (χ3v) is 4.95. The van der Waals surface area contributed by atoms with Crippen molar-refractivity contribution in [1.82, 2.24) is 0 Å². The fourth-order valence-electron chi connectivity index (χ4n) is 2.53. The molecule has 1 fully saturated rings. The first-order valence-corrected chi connectivity index (χ1v) is 8.27. The molecule has 1 N–H and O–H groups in total. The minimum Gasteiger partial charge on any atom is -0.478 e. The molecule has 24 heavy (non-hydrogen) atoms. The van der Waals surface area contributed by atoms with E-state index >= 15 is 0 Å². The van der Waals surface area contributed by atoms with Gasteiger partial charge in [-0.2, -0.15) is 0 Å². The molecule has 1 heterocycles. The van der Waals surface area contributed by atoms with E-state index in [2.05, 4.69) is 0 Å². The van der Waals surface area contributed by atoms with Crippen LogP contribution < -0.4 is 4.90 Å². The Kier molecular flexibility index (Phi) is 4.40. The number of nitrogens with zero attached hydrogens (tertiary/aromatic N) is 1. The predicted molar refractivity (Wildman–Crippen MR) is 91.3 cm³/mol. The van der Waals surface area contributed by atoms with Gasteiger partial charge in [-0.15, -0.1) is 11.8 Å². The highest BCUT2D eigenvalue weighted by molar-refractivity contribution is 8.00. The molecule has 3 rings (SSSR count). The normalized spacial score (nSPS) is 17.4. The second kappa shape index (κ2) is 6.49. The van der Waals surface area contributed by atoms with Crippen LogP contribution in [0, 0.1) is 6.92 Å². The van der Waals surface area contributed by atoms with E-state index in [0.717, 1.165) is 15.4 Å². The third-order valence-electron chi connectivity index (χ3n) is 3.76. The molecule has 0 spiro atoms. The van der Waals surface area contributed by atoms with Crippen molar-refractivity contribution in [3.63, 3.8) is 0 Å². The summed E-state index contributed by atoms with van der Waals surface area (Å²) in [6.07, 6.45) is 0.106. The Hall–Kier alpha value is -2.60. The lowest BCUT2D eigenvalue weighted by Crippen LogP contribution is -2.31. The number of carboxylic acids is 1. The van der Waals surface area contributed by atoms with Crippen molar-refractivity contribution in [2.45, 2.75) is 23.5 Å². The highest BCUT2D eigenvalue weighted by Crippen LogP contribution is 2.34. The summed E-state index contributed by atoms with van der Waals surface area (Å²) in [7, 11) is 0. The van der Waals surface area contributed by atoms with Crippen molar-refractivity contribution in [2.24, 2.45) is 0 Å². The summed E-state index contributed by atoms with van der Waals surface area (Å²) in [5, 5.41) is 8.57. The van der Waals surface area contributed by atoms with Gasteiger partial charge in [-0.3, -0.25) is 9.59 Å². The first-order valence-electron chi connectivity index (χ1n) is 7.39. The van der Waals surface area contributed by atoms with Crippen LogP contribution in [0.25, 0.3) is 0 Å². The number of imide groups is 1. The molecule has 0 aromatic heterocycles. The summed E-state index contributed by atoms with van der Waals surface area (Å²) >= 11 is 1.35. The lowest BCUT2D eigenvalue weighted by molar-refractivity contribution is -0.121. The maximum Gasteiger partial charge on any atom is 0.335 e. The molecule has 0 unspecified atom stereocenters. The maximum atomic E-state index is 12.6. The molecule has 122 valence electrons. The SMILES string of the molecule is Cc1ccc(S[C@H]2CC(=O)N(c3cccc(C(=O)O)c3)C2=O)cc1. The van der Waals surface area contributed by atoms with Gasteiger partial charge in [0.05, 0.1) is 16.5 Å². The zero-order chi connectivity index (χ0) is 17.3. The molecule has 2 amide bonds. The lowest BCUT2D eigenvalue weighted by Gasteiger charge is -2.15. The van der Waals surface area contributed by atoms with Crippen LogP contribution in [-0.4, -0.2) is 28.1 Å². The molecular weight excluding hydrogens is 326 g/mol. The van der Waals surface area contributed by atoms with E-state index in [1.54, 1.807) is 6.07 Å². The summed E-state index contributed by atoms with van der Waals surface area (Å²) in [6.45, 7) is 1.98. The molecule has 2 aromatic carbocycles. The average Bonchev–Trinajstić information content (AvgIpc) is 2.83. The van der Waals surface area contributed by atoms with Crippen LogP contribution in [0.1, 0.15) is 22.3 Å². The number of amides is 2. The van der Waals surface area contributed by atoms with Crippen LogP contribution in [0.5, 0.6) is 0 Å². The van der Waals surface area contributed by atoms with E-state index in [1.807, 2.05) is 31.2 Å². The number of thioether (sulfide) groups is 1. The maximum absolute atomic E-state index is 12.6. The summed E-state index contributed by atoms with van der Waals surface area (Å²) in [6, 6.07) is 13.6. The van der Waals surface area contributed by atoms with Gasteiger partial charge in [0.15, 0.2) is 0 Å². The Morgan fingerprint density at radius 2 is 1.88 bits per heavy atom. The van der Waals surface area contributed by atoms with Gasteiger partial charge in [-0.05, 0) is 37.3 Å². The minimum atomic E-state index is -1.10. The monoisotopic (exact) mass is 341 g/mol. The fraction of sp³-hybridized carbons (Fsp3) is 0.167. The third kappa shape index (κ3) is 3.19. The molecule has 1 saturated heterocycles. The van der Waals surface area contributed by atoms with Crippen molar-refractivity contribution < 1.29 is 19.5 Å². The quantitative estimate of drug-likeness (QED) is 0.865. The minimum absolute atomic E-state index is 0.0442. The van der Waals surface area contributed by atoms with Crippen LogP contribution in [0.2, 0.25) is 0 Å². The van der Waals surface area contributed by atoms with E-state index < -0.39 is 11.2 Å². The van der Waals surface area contributed by atoms with Gasteiger partial charge in [0.25, 0.3) is 0 Å². The van der Waals surface area contributed by atoms with Crippen LogP contribution in [0.3, 0.4) is 0 Å². The van der Waals surface area contributed by atoms with Crippen molar-refractivity contribution in [1.29, 1.82) is 0 Å². The zero-order valence-electron chi connectivity index (χ0n) is 12.9. The molecule has 1 atom stereocenters. The number of benzene rings is 2. The predicted octanol–water partition coefficient (Wildman–Crippen LogP) is 3.12. The number of carbonyl (C=O) groups excluding carboxylic acids is 2. The van der Waals surface area contributed by atoms with Gasteiger partial charge in [0, 0.05) is 11.3 Å². The van der Waals surface area contributed by atoms with Gasteiger partial charge in [0.2, 0.25) is 11.8 Å². The van der Waals surface area contributed by atoms with E-state index in [4.69, 9.17) is 5.11 Å². The summed E-state index contributed by atoms with van der Waals surface area (Å²) < 4.78 is 0. The molecule has 0 aliphatic carbocycles. The second-order valence-electron chi connectivity index (χ2n) is 5.55. The number of aryl methyl sites for hydroxylation is 1. The first-order chi connectivity index (χ1) is 11.5. The molecule has 1 aliphatic rings. The van der Waals surface area contributed by atoms with Gasteiger partial charge in [-0.25, -0.2) is 9.69 Å². The lowest BCUT2D eigenvalue weighted by atomic mass is 10.2. The number of rotatable bonds is 4. The fourth-order valence-corrected chi connectivity index (χ4v) is 3.58. The number of anilines is 1. The summed E-state index contributed by atoms with van der Waals surface area (Å²) in [5.74, 6) is -1.72. The zero-order valence-corrected chi connectivity index (χ0v) is 13.7. The Morgan fingerprint density at radius 1 is 1.17 bits per heavy atom. The molecular formula is C18H15NO4S. The standard InChI is InChI=1S/C18H15NO4S/c1-11-5-7-14(8-6-11)24-15-10-16(20)19(17(15)21)13-4-2-3-12(9-13)18(22)23/h2-9,15H,10H2,1H3,(H,22,23)/t15-/m0/s1. The highest BCUT2D eigenvalue weighted by Gasteiger charge is 2.40. The van der Waals surface area contributed by atoms with Gasteiger partial charge in [-0.1, -0.05) is 23.8 Å². The van der Waals surface area contributed by atoms with E-state index in [-0.39, 0.29) is 23.8 Å². The topological polar surface area (TPSA) is 74.7 Å². The Morgan fingerprint density at radius 3 is 2.54 bits per heavy atom. The Bertz CT molecular complexity index is 816. The number of carbonyl (C=O) groups is 3. The molecule has 5 nitrogen and oxygen atoms in total. The largest absolute Gasteiger partial charge is 0.478 e. The van der Waals surface area contributed by atoms with E-state index in [9.17, 15) is 14.4 Å². The Balaban J connectivity index is 1.82. The van der Waals surface area contributed by atoms with Crippen LogP contribution >= 0.6 is 11.8 Å². The van der Waals surface area contributed by atoms with Crippen LogP contribution in [-0.2, 0) is 9.59 Å². The molecule has 0 saturated carbocycles. The number of hydrogen-bond donors (Lipinski definition) is 1. The first kappa shape index (κ1) is 16.3. The molecule has 1 aliphatic heterocycles. The van der Waals surface area contributed by atoms with Gasteiger partial charge >= 0.3 is 5.97 Å². The van der Waals surface area contributed by atoms with E-state index in [0.29, 0.717) is 5.69 Å². The summed E-state index contributed by atoms with van der Waals surface area (Å²) in [4.78, 5) is 37.9. The number of hydrogen-bond acceptors (Lipinski definition) is 4. The van der Waals surface area contributed by atoms with Crippen molar-refractivity contribution in [3.8, 4) is 0 Å².